The van der Waals surface area contributed by atoms with Gasteiger partial charge >= 0.3 is 0 Å². The maximum atomic E-state index is 4.91. The molecule has 0 aromatic heterocycles. The molecule has 0 aliphatic carbocycles. The van der Waals surface area contributed by atoms with E-state index in [1.165, 1.54) is 0 Å². The van der Waals surface area contributed by atoms with Crippen molar-refractivity contribution in [2.24, 2.45) is 0 Å². The van der Waals surface area contributed by atoms with Crippen LogP contribution in [0.3, 0.4) is 0 Å². The van der Waals surface area contributed by atoms with Crippen LogP contribution in [0.1, 0.15) is 0 Å². The summed E-state index contributed by atoms with van der Waals surface area (Å²) < 4.78 is 18.7. The lowest BCUT2D eigenvalue weighted by Crippen LogP contribution is -1.98. The molecule has 0 saturated heterocycles. The van der Waals surface area contributed by atoms with Crippen molar-refractivity contribution in [2.45, 2.75) is 0 Å². The highest BCUT2D eigenvalue weighted by molar-refractivity contribution is 5.20. The van der Waals surface area contributed by atoms with E-state index in [2.05, 4.69) is 14.2 Å². The van der Waals surface area contributed by atoms with E-state index < -0.39 is 0 Å². The Morgan fingerprint density at radius 3 is 1.73 bits per heavy atom. The summed E-state index contributed by atoms with van der Waals surface area (Å²) in [6.45, 7) is 0.599. The maximum Gasteiger partial charge on any atom is 0.149 e. The Morgan fingerprint density at radius 2 is 1.40 bits per heavy atom. The van der Waals surface area contributed by atoms with Crippen LogP contribution in [0.4, 0.5) is 0 Å². The van der Waals surface area contributed by atoms with Gasteiger partial charge in [0.1, 0.15) is 19.3 Å². The molecule has 86 valence electrons. The van der Waals surface area contributed by atoms with E-state index in [9.17, 15) is 0 Å². The summed E-state index contributed by atoms with van der Waals surface area (Å²) in [7, 11) is 4.79. The Bertz CT molecular complexity index is 209. The smallest absolute Gasteiger partial charge is 0.149 e. The van der Waals surface area contributed by atoms with Gasteiger partial charge in [-0.1, -0.05) is 18.2 Å². The van der Waals surface area contributed by atoms with Gasteiger partial charge in [-0.05, 0) is 12.1 Å². The average molecular weight is 214 g/mol. The lowest BCUT2D eigenvalue weighted by atomic mass is 10.3. The zero-order chi connectivity index (χ0) is 11.4. The number of hydrogen-bond donors (Lipinski definition) is 0. The standard InChI is InChI=1S/C7H8O.C4H10O3/c1-8-7-5-3-2-4-6-7;1-5-3-7-4-6-2/h2-6H,1H3;3-4H2,1-2H3. The number of methoxy groups -OCH3 is 3. The molecule has 1 aromatic rings. The van der Waals surface area contributed by atoms with Crippen LogP contribution >= 0.6 is 0 Å². The lowest BCUT2D eigenvalue weighted by molar-refractivity contribution is -0.107. The van der Waals surface area contributed by atoms with E-state index in [1.54, 1.807) is 21.3 Å². The zero-order valence-electron chi connectivity index (χ0n) is 9.43. The molecule has 0 fully saturated rings. The third kappa shape index (κ3) is 9.21. The second kappa shape index (κ2) is 11.0. The summed E-state index contributed by atoms with van der Waals surface area (Å²) in [6, 6.07) is 9.68. The minimum absolute atomic E-state index is 0.299. The molecule has 0 aliphatic rings. The fourth-order valence-electron chi connectivity index (χ4n) is 0.757. The molecule has 1 aromatic carbocycles. The maximum absolute atomic E-state index is 4.91. The molecule has 0 spiro atoms. The van der Waals surface area contributed by atoms with Crippen molar-refractivity contribution in [3.05, 3.63) is 30.3 Å². The second-order valence-electron chi connectivity index (χ2n) is 2.53. The van der Waals surface area contributed by atoms with Gasteiger partial charge in [-0.25, -0.2) is 0 Å². The molecule has 0 N–H and O–H groups in total. The van der Waals surface area contributed by atoms with E-state index in [1.807, 2.05) is 30.3 Å². The minimum Gasteiger partial charge on any atom is -0.497 e. The summed E-state index contributed by atoms with van der Waals surface area (Å²) in [4.78, 5) is 0. The highest BCUT2D eigenvalue weighted by Crippen LogP contribution is 2.05. The van der Waals surface area contributed by atoms with Gasteiger partial charge in [-0.3, -0.25) is 0 Å². The Kier molecular flexibility index (Phi) is 10.2. The topological polar surface area (TPSA) is 36.9 Å². The molecule has 4 nitrogen and oxygen atoms in total. The van der Waals surface area contributed by atoms with E-state index >= 15 is 0 Å². The monoisotopic (exact) mass is 214 g/mol. The van der Waals surface area contributed by atoms with Gasteiger partial charge in [0.2, 0.25) is 0 Å². The lowest BCUT2D eigenvalue weighted by Gasteiger charge is -1.97. The van der Waals surface area contributed by atoms with Gasteiger partial charge in [0.15, 0.2) is 0 Å². The Hall–Kier alpha value is -1.10. The number of rotatable bonds is 5. The van der Waals surface area contributed by atoms with Crippen LogP contribution in [0.2, 0.25) is 0 Å². The first-order chi connectivity index (χ1) is 7.35. The van der Waals surface area contributed by atoms with E-state index in [0.717, 1.165) is 5.75 Å². The van der Waals surface area contributed by atoms with Crippen molar-refractivity contribution in [3.63, 3.8) is 0 Å². The Balaban J connectivity index is 0.000000265. The second-order valence-corrected chi connectivity index (χ2v) is 2.53. The number of ether oxygens (including phenoxy) is 4. The van der Waals surface area contributed by atoms with Crippen molar-refractivity contribution >= 4 is 0 Å². The van der Waals surface area contributed by atoms with Gasteiger partial charge in [0, 0.05) is 14.2 Å². The number of para-hydroxylation sites is 1. The van der Waals surface area contributed by atoms with E-state index in [4.69, 9.17) is 4.74 Å². The first-order valence-corrected chi connectivity index (χ1v) is 4.49. The highest BCUT2D eigenvalue weighted by Gasteiger charge is 1.80. The number of hydrogen-bond acceptors (Lipinski definition) is 4. The fourth-order valence-corrected chi connectivity index (χ4v) is 0.757. The molecule has 0 amide bonds. The van der Waals surface area contributed by atoms with E-state index in [0.29, 0.717) is 13.6 Å². The molecule has 0 heterocycles. The quantitative estimate of drug-likeness (QED) is 0.554. The first kappa shape index (κ1) is 13.9. The summed E-state index contributed by atoms with van der Waals surface area (Å²) in [6.07, 6.45) is 0. The third-order valence-electron chi connectivity index (χ3n) is 1.38. The van der Waals surface area contributed by atoms with Crippen molar-refractivity contribution in [1.29, 1.82) is 0 Å². The summed E-state index contributed by atoms with van der Waals surface area (Å²) in [5.41, 5.74) is 0. The van der Waals surface area contributed by atoms with E-state index in [-0.39, 0.29) is 0 Å². The summed E-state index contributed by atoms with van der Waals surface area (Å²) >= 11 is 0. The highest BCUT2D eigenvalue weighted by atomic mass is 16.7. The minimum atomic E-state index is 0.299. The van der Waals surface area contributed by atoms with Crippen LogP contribution in [0.15, 0.2) is 30.3 Å². The van der Waals surface area contributed by atoms with Crippen molar-refractivity contribution in [2.75, 3.05) is 34.9 Å². The van der Waals surface area contributed by atoms with Gasteiger partial charge in [0.05, 0.1) is 7.11 Å². The molecule has 0 unspecified atom stereocenters. The SMILES string of the molecule is COCOCOC.COc1ccccc1. The van der Waals surface area contributed by atoms with Crippen molar-refractivity contribution in [1.82, 2.24) is 0 Å². The first-order valence-electron chi connectivity index (χ1n) is 4.49. The number of benzene rings is 1. The van der Waals surface area contributed by atoms with Gasteiger partial charge < -0.3 is 18.9 Å². The van der Waals surface area contributed by atoms with Crippen LogP contribution in [0.5, 0.6) is 5.75 Å². The molecule has 0 aliphatic heterocycles. The van der Waals surface area contributed by atoms with Crippen LogP contribution in [0, 0.1) is 0 Å². The molecule has 15 heavy (non-hydrogen) atoms. The Labute approximate surface area is 90.7 Å². The summed E-state index contributed by atoms with van der Waals surface area (Å²) in [5, 5.41) is 0. The predicted octanol–water partition coefficient (Wildman–Crippen LogP) is 1.91. The molecule has 0 atom stereocenters. The Morgan fingerprint density at radius 1 is 0.867 bits per heavy atom. The van der Waals surface area contributed by atoms with Crippen molar-refractivity contribution in [3.8, 4) is 5.75 Å². The van der Waals surface area contributed by atoms with Crippen LogP contribution in [-0.2, 0) is 14.2 Å². The average Bonchev–Trinajstić information content (AvgIpc) is 2.32. The predicted molar refractivity (Wildman–Crippen MR) is 57.8 cm³/mol. The van der Waals surface area contributed by atoms with Gasteiger partial charge in [0.25, 0.3) is 0 Å². The molecule has 4 heteroatoms. The molecule has 0 bridgehead atoms. The zero-order valence-corrected chi connectivity index (χ0v) is 9.43. The molecule has 0 radical (unpaired) electrons. The van der Waals surface area contributed by atoms with Crippen molar-refractivity contribution < 1.29 is 18.9 Å². The fraction of sp³-hybridized carbons (Fsp3) is 0.455. The normalized spacial score (nSPS) is 9.00. The molecular formula is C11H18O4. The largest absolute Gasteiger partial charge is 0.497 e. The van der Waals surface area contributed by atoms with Gasteiger partial charge in [-0.15, -0.1) is 0 Å². The molecular weight excluding hydrogens is 196 g/mol. The van der Waals surface area contributed by atoms with Crippen LogP contribution < -0.4 is 4.74 Å². The van der Waals surface area contributed by atoms with Crippen LogP contribution in [-0.4, -0.2) is 34.9 Å². The summed E-state index contributed by atoms with van der Waals surface area (Å²) in [5.74, 6) is 0.910. The van der Waals surface area contributed by atoms with Gasteiger partial charge in [-0.2, -0.15) is 0 Å². The van der Waals surface area contributed by atoms with Crippen LogP contribution in [0.25, 0.3) is 0 Å². The third-order valence-corrected chi connectivity index (χ3v) is 1.38. The molecule has 1 rings (SSSR count). The molecule has 0 saturated carbocycles.